The summed E-state index contributed by atoms with van der Waals surface area (Å²) in [7, 11) is 1.81. The summed E-state index contributed by atoms with van der Waals surface area (Å²) in [6.45, 7) is 1.89. The summed E-state index contributed by atoms with van der Waals surface area (Å²) >= 11 is 0. The van der Waals surface area contributed by atoms with Gasteiger partial charge in [-0.25, -0.2) is 4.39 Å². The lowest BCUT2D eigenvalue weighted by molar-refractivity contribution is 0.104. The molecule has 0 bridgehead atoms. The Morgan fingerprint density at radius 2 is 2.00 bits per heavy atom. The fourth-order valence-corrected chi connectivity index (χ4v) is 1.66. The minimum Gasteiger partial charge on any atom is -0.289 e. The van der Waals surface area contributed by atoms with Gasteiger partial charge in [0, 0.05) is 12.6 Å². The van der Waals surface area contributed by atoms with E-state index in [1.165, 1.54) is 30.3 Å². The maximum atomic E-state index is 12.7. The molecule has 1 aromatic carbocycles. The van der Waals surface area contributed by atoms with Crippen molar-refractivity contribution in [2.45, 2.75) is 6.92 Å². The summed E-state index contributed by atoms with van der Waals surface area (Å²) in [6.07, 6.45) is 3.16. The third-order valence-electron chi connectivity index (χ3n) is 2.57. The van der Waals surface area contributed by atoms with Crippen LogP contribution in [0.25, 0.3) is 6.08 Å². The van der Waals surface area contributed by atoms with Crippen molar-refractivity contribution >= 4 is 11.9 Å². The van der Waals surface area contributed by atoms with E-state index < -0.39 is 0 Å². The fraction of sp³-hybridized carbons (Fsp3) is 0.143. The van der Waals surface area contributed by atoms with Crippen LogP contribution in [0.5, 0.6) is 0 Å². The van der Waals surface area contributed by atoms with Gasteiger partial charge in [-0.1, -0.05) is 0 Å². The van der Waals surface area contributed by atoms with Crippen molar-refractivity contribution < 1.29 is 9.18 Å². The summed E-state index contributed by atoms with van der Waals surface area (Å²) in [5.41, 5.74) is 2.21. The molecule has 0 radical (unpaired) electrons. The second kappa shape index (κ2) is 4.96. The van der Waals surface area contributed by atoms with E-state index in [2.05, 4.69) is 5.10 Å². The largest absolute Gasteiger partial charge is 0.289 e. The number of nitrogens with zero attached hydrogens (tertiary/aromatic N) is 2. The number of halogens is 1. The third-order valence-corrected chi connectivity index (χ3v) is 2.57. The molecule has 3 nitrogen and oxygen atoms in total. The van der Waals surface area contributed by atoms with Crippen LogP contribution < -0.4 is 0 Å². The SMILES string of the molecule is Cc1cc(/C=C/C(=O)c2ccc(F)cc2)n(C)n1. The van der Waals surface area contributed by atoms with Crippen LogP contribution in [0.2, 0.25) is 0 Å². The zero-order valence-corrected chi connectivity index (χ0v) is 10.2. The van der Waals surface area contributed by atoms with E-state index in [0.29, 0.717) is 5.56 Å². The molecular weight excluding hydrogens is 231 g/mol. The van der Waals surface area contributed by atoms with Crippen LogP contribution in [0.1, 0.15) is 21.7 Å². The minimum absolute atomic E-state index is 0.158. The van der Waals surface area contributed by atoms with Gasteiger partial charge in [0.1, 0.15) is 5.82 Å². The highest BCUT2D eigenvalue weighted by Crippen LogP contribution is 2.08. The van der Waals surface area contributed by atoms with Crippen LogP contribution >= 0.6 is 0 Å². The molecular formula is C14H13FN2O. The first-order valence-electron chi connectivity index (χ1n) is 5.55. The third kappa shape index (κ3) is 2.71. The van der Waals surface area contributed by atoms with Crippen LogP contribution in [-0.4, -0.2) is 15.6 Å². The number of ketones is 1. The minimum atomic E-state index is -0.349. The van der Waals surface area contributed by atoms with Crippen LogP contribution in [0.4, 0.5) is 4.39 Å². The van der Waals surface area contributed by atoms with Gasteiger partial charge in [0.05, 0.1) is 11.4 Å². The second-order valence-electron chi connectivity index (χ2n) is 4.04. The summed E-state index contributed by atoms with van der Waals surface area (Å²) in [5, 5.41) is 4.18. The number of hydrogen-bond acceptors (Lipinski definition) is 2. The summed E-state index contributed by atoms with van der Waals surface area (Å²) < 4.78 is 14.4. The molecule has 0 fully saturated rings. The predicted molar refractivity (Wildman–Crippen MR) is 67.7 cm³/mol. The van der Waals surface area contributed by atoms with Gasteiger partial charge in [0.15, 0.2) is 5.78 Å². The zero-order chi connectivity index (χ0) is 13.1. The first kappa shape index (κ1) is 12.2. The lowest BCUT2D eigenvalue weighted by Crippen LogP contribution is -1.96. The van der Waals surface area contributed by atoms with Crippen LogP contribution in [0, 0.1) is 12.7 Å². The Balaban J connectivity index is 2.16. The Morgan fingerprint density at radius 3 is 2.56 bits per heavy atom. The Labute approximate surface area is 105 Å². The van der Waals surface area contributed by atoms with Crippen molar-refractivity contribution in [3.63, 3.8) is 0 Å². The first-order valence-corrected chi connectivity index (χ1v) is 5.55. The number of rotatable bonds is 3. The number of benzene rings is 1. The Bertz CT molecular complexity index is 597. The Kier molecular flexibility index (Phi) is 3.37. The molecule has 92 valence electrons. The monoisotopic (exact) mass is 244 g/mol. The smallest absolute Gasteiger partial charge is 0.185 e. The highest BCUT2D eigenvalue weighted by molar-refractivity contribution is 6.06. The van der Waals surface area contributed by atoms with Gasteiger partial charge in [0.25, 0.3) is 0 Å². The van der Waals surface area contributed by atoms with E-state index >= 15 is 0 Å². The molecule has 0 atom stereocenters. The van der Waals surface area contributed by atoms with Gasteiger partial charge in [-0.15, -0.1) is 0 Å². The molecule has 0 aliphatic heterocycles. The maximum absolute atomic E-state index is 12.7. The summed E-state index contributed by atoms with van der Waals surface area (Å²) in [4.78, 5) is 11.8. The number of carbonyl (C=O) groups excluding carboxylic acids is 1. The van der Waals surface area contributed by atoms with Gasteiger partial charge in [0.2, 0.25) is 0 Å². The van der Waals surface area contributed by atoms with E-state index in [-0.39, 0.29) is 11.6 Å². The predicted octanol–water partition coefficient (Wildman–Crippen LogP) is 2.76. The molecule has 0 aliphatic rings. The first-order chi connectivity index (χ1) is 8.56. The van der Waals surface area contributed by atoms with Gasteiger partial charge >= 0.3 is 0 Å². The number of aromatic nitrogens is 2. The quantitative estimate of drug-likeness (QED) is 0.614. The molecule has 0 aliphatic carbocycles. The Morgan fingerprint density at radius 1 is 1.33 bits per heavy atom. The van der Waals surface area contributed by atoms with E-state index in [1.807, 2.05) is 20.0 Å². The standard InChI is InChI=1S/C14H13FN2O/c1-10-9-13(17(2)16-10)7-8-14(18)11-3-5-12(15)6-4-11/h3-9H,1-2H3/b8-7+. The van der Waals surface area contributed by atoms with Gasteiger partial charge in [-0.2, -0.15) is 5.10 Å². The average Bonchev–Trinajstić information content (AvgIpc) is 2.66. The van der Waals surface area contributed by atoms with Crippen molar-refractivity contribution in [2.75, 3.05) is 0 Å². The molecule has 0 saturated heterocycles. The van der Waals surface area contributed by atoms with Gasteiger partial charge in [-0.05, 0) is 49.4 Å². The highest BCUT2D eigenvalue weighted by atomic mass is 19.1. The zero-order valence-electron chi connectivity index (χ0n) is 10.2. The molecule has 4 heteroatoms. The fourth-order valence-electron chi connectivity index (χ4n) is 1.66. The molecule has 0 amide bonds. The molecule has 0 spiro atoms. The van der Waals surface area contributed by atoms with Crippen LogP contribution in [0.3, 0.4) is 0 Å². The summed E-state index contributed by atoms with van der Waals surface area (Å²) in [5.74, 6) is -0.508. The van der Waals surface area contributed by atoms with Crippen LogP contribution in [0.15, 0.2) is 36.4 Å². The average molecular weight is 244 g/mol. The van der Waals surface area contributed by atoms with Crippen molar-refractivity contribution in [3.8, 4) is 0 Å². The summed E-state index contributed by atoms with van der Waals surface area (Å²) in [6, 6.07) is 7.37. The van der Waals surface area contributed by atoms with Crippen LogP contribution in [-0.2, 0) is 7.05 Å². The molecule has 2 aromatic rings. The van der Waals surface area contributed by atoms with E-state index in [4.69, 9.17) is 0 Å². The van der Waals surface area contributed by atoms with E-state index in [1.54, 1.807) is 10.8 Å². The maximum Gasteiger partial charge on any atom is 0.185 e. The second-order valence-corrected chi connectivity index (χ2v) is 4.04. The Hall–Kier alpha value is -2.23. The van der Waals surface area contributed by atoms with Gasteiger partial charge < -0.3 is 0 Å². The lowest BCUT2D eigenvalue weighted by atomic mass is 10.1. The molecule has 0 saturated carbocycles. The van der Waals surface area contributed by atoms with Crippen molar-refractivity contribution in [1.82, 2.24) is 9.78 Å². The lowest BCUT2D eigenvalue weighted by Gasteiger charge is -1.96. The molecule has 1 aromatic heterocycles. The molecule has 0 N–H and O–H groups in total. The normalized spacial score (nSPS) is 11.1. The molecule has 18 heavy (non-hydrogen) atoms. The van der Waals surface area contributed by atoms with Crippen molar-refractivity contribution in [2.24, 2.45) is 7.05 Å². The highest BCUT2D eigenvalue weighted by Gasteiger charge is 2.03. The molecule has 0 unspecified atom stereocenters. The van der Waals surface area contributed by atoms with Crippen molar-refractivity contribution in [1.29, 1.82) is 0 Å². The topological polar surface area (TPSA) is 34.9 Å². The van der Waals surface area contributed by atoms with E-state index in [0.717, 1.165) is 11.4 Å². The number of hydrogen-bond donors (Lipinski definition) is 0. The van der Waals surface area contributed by atoms with Gasteiger partial charge in [-0.3, -0.25) is 9.48 Å². The van der Waals surface area contributed by atoms with E-state index in [9.17, 15) is 9.18 Å². The van der Waals surface area contributed by atoms with Crippen molar-refractivity contribution in [3.05, 3.63) is 59.2 Å². The molecule has 2 rings (SSSR count). The number of aryl methyl sites for hydroxylation is 2. The molecule has 1 heterocycles. The number of carbonyl (C=O) groups is 1. The number of allylic oxidation sites excluding steroid dienone is 1.